The molecule has 0 aliphatic heterocycles. The molecule has 1 saturated carbocycles. The zero-order chi connectivity index (χ0) is 6.20. The van der Waals surface area contributed by atoms with E-state index in [0.29, 0.717) is 12.8 Å². The van der Waals surface area contributed by atoms with Crippen LogP contribution in [0.2, 0.25) is 0 Å². The molecule has 0 spiro atoms. The monoisotopic (exact) mass is 152 g/mol. The smallest absolute Gasteiger partial charge is 0.335 e. The van der Waals surface area contributed by atoms with Gasteiger partial charge in [0.25, 0.3) is 0 Å². The van der Waals surface area contributed by atoms with E-state index in [4.69, 9.17) is 10.2 Å². The Bertz CT molecular complexity index is 119. The molecular weight excluding hydrogens is 144 g/mol. The molecule has 0 bridgehead atoms. The molecule has 4 heteroatoms. The highest BCUT2D eigenvalue weighted by Gasteiger charge is 2.41. The van der Waals surface area contributed by atoms with Gasteiger partial charge in [-0.3, -0.25) is 0 Å². The number of hydrogen-bond acceptors (Lipinski definition) is 2. The lowest BCUT2D eigenvalue weighted by molar-refractivity contribution is -0.167. The van der Waals surface area contributed by atoms with Gasteiger partial charge in [0.05, 0.1) is 0 Å². The van der Waals surface area contributed by atoms with Gasteiger partial charge >= 0.3 is 5.97 Å². The molecule has 54 valence electrons. The number of carboxylic acid groups (broad SMARTS) is 1. The number of rotatable bonds is 1. The van der Waals surface area contributed by atoms with E-state index in [1.54, 1.807) is 0 Å². The van der Waals surface area contributed by atoms with E-state index in [2.05, 4.69) is 0 Å². The van der Waals surface area contributed by atoms with Gasteiger partial charge in [-0.1, -0.05) is 0 Å². The Hall–Kier alpha value is -0.280. The summed E-state index contributed by atoms with van der Waals surface area (Å²) in [6.45, 7) is 0. The van der Waals surface area contributed by atoms with Crippen molar-refractivity contribution in [2.24, 2.45) is 0 Å². The third kappa shape index (κ3) is 1.34. The molecule has 0 radical (unpaired) electrons. The molecule has 0 aromatic carbocycles. The van der Waals surface area contributed by atoms with E-state index in [1.165, 1.54) is 0 Å². The summed E-state index contributed by atoms with van der Waals surface area (Å²) < 4.78 is 0. The lowest BCUT2D eigenvalue weighted by Gasteiger charge is -2.31. The van der Waals surface area contributed by atoms with Crippen molar-refractivity contribution in [3.63, 3.8) is 0 Å². The van der Waals surface area contributed by atoms with E-state index < -0.39 is 11.6 Å². The van der Waals surface area contributed by atoms with Crippen LogP contribution in [0.5, 0.6) is 0 Å². The number of carboxylic acids is 1. The van der Waals surface area contributed by atoms with Crippen LogP contribution in [0.25, 0.3) is 0 Å². The maximum atomic E-state index is 10.1. The van der Waals surface area contributed by atoms with Crippen LogP contribution in [0.1, 0.15) is 19.3 Å². The SMILES string of the molecule is Cl.O=C(O)C1(O)CCC1. The fourth-order valence-corrected chi connectivity index (χ4v) is 0.726. The Labute approximate surface area is 59.1 Å². The van der Waals surface area contributed by atoms with E-state index >= 15 is 0 Å². The first-order valence-corrected chi connectivity index (χ1v) is 2.61. The van der Waals surface area contributed by atoms with Gasteiger partial charge in [0, 0.05) is 0 Å². The molecule has 0 saturated heterocycles. The standard InChI is InChI=1S/C5H8O3.ClH/c6-4(7)5(8)2-1-3-5;/h8H,1-3H2,(H,6,7);1H. The van der Waals surface area contributed by atoms with Crippen LogP contribution in [0.4, 0.5) is 0 Å². The molecule has 3 nitrogen and oxygen atoms in total. The third-order valence-electron chi connectivity index (χ3n) is 1.58. The lowest BCUT2D eigenvalue weighted by Crippen LogP contribution is -2.44. The Balaban J connectivity index is 0.000000640. The summed E-state index contributed by atoms with van der Waals surface area (Å²) in [6, 6.07) is 0. The average molecular weight is 153 g/mol. The van der Waals surface area contributed by atoms with Crippen molar-refractivity contribution in [3.05, 3.63) is 0 Å². The summed E-state index contributed by atoms with van der Waals surface area (Å²) in [6.07, 6.45) is 1.67. The van der Waals surface area contributed by atoms with E-state index in [1.807, 2.05) is 0 Å². The predicted molar refractivity (Wildman–Crippen MR) is 33.7 cm³/mol. The maximum absolute atomic E-state index is 10.1. The lowest BCUT2D eigenvalue weighted by atomic mass is 9.81. The average Bonchev–Trinajstić information content (AvgIpc) is 1.60. The fraction of sp³-hybridized carbons (Fsp3) is 0.800. The second kappa shape index (κ2) is 2.54. The topological polar surface area (TPSA) is 57.5 Å². The first-order chi connectivity index (χ1) is 3.65. The molecular formula is C5H9ClO3. The van der Waals surface area contributed by atoms with Gasteiger partial charge < -0.3 is 10.2 Å². The Morgan fingerprint density at radius 3 is 1.89 bits per heavy atom. The fourth-order valence-electron chi connectivity index (χ4n) is 0.726. The third-order valence-corrected chi connectivity index (χ3v) is 1.58. The van der Waals surface area contributed by atoms with Gasteiger partial charge in [-0.15, -0.1) is 12.4 Å². The van der Waals surface area contributed by atoms with Crippen molar-refractivity contribution < 1.29 is 15.0 Å². The highest BCUT2D eigenvalue weighted by atomic mass is 35.5. The van der Waals surface area contributed by atoms with Crippen molar-refractivity contribution in [3.8, 4) is 0 Å². The Morgan fingerprint density at radius 2 is 1.89 bits per heavy atom. The summed E-state index contributed by atoms with van der Waals surface area (Å²) >= 11 is 0. The molecule has 9 heavy (non-hydrogen) atoms. The highest BCUT2D eigenvalue weighted by Crippen LogP contribution is 2.31. The molecule has 1 aliphatic carbocycles. The van der Waals surface area contributed by atoms with Crippen LogP contribution in [0.15, 0.2) is 0 Å². The molecule has 0 atom stereocenters. The summed E-state index contributed by atoms with van der Waals surface area (Å²) in [5, 5.41) is 17.1. The predicted octanol–water partition coefficient (Wildman–Crippen LogP) is 0.408. The van der Waals surface area contributed by atoms with Crippen molar-refractivity contribution in [2.45, 2.75) is 24.9 Å². The minimum Gasteiger partial charge on any atom is -0.479 e. The van der Waals surface area contributed by atoms with Gasteiger partial charge in [-0.25, -0.2) is 4.79 Å². The summed E-state index contributed by atoms with van der Waals surface area (Å²) in [4.78, 5) is 10.1. The minimum absolute atomic E-state index is 0. The second-order valence-electron chi connectivity index (χ2n) is 2.19. The van der Waals surface area contributed by atoms with Gasteiger partial charge in [0.15, 0.2) is 5.60 Å². The van der Waals surface area contributed by atoms with Crippen LogP contribution in [-0.2, 0) is 4.79 Å². The molecule has 1 rings (SSSR count). The quantitative estimate of drug-likeness (QED) is 0.572. The summed E-state index contributed by atoms with van der Waals surface area (Å²) in [5.74, 6) is -1.08. The number of aliphatic hydroxyl groups is 1. The van der Waals surface area contributed by atoms with Crippen molar-refractivity contribution >= 4 is 18.4 Å². The summed E-state index contributed by atoms with van der Waals surface area (Å²) in [7, 11) is 0. The normalized spacial score (nSPS) is 21.4. The van der Waals surface area contributed by atoms with Crippen LogP contribution in [0.3, 0.4) is 0 Å². The van der Waals surface area contributed by atoms with Crippen molar-refractivity contribution in [2.75, 3.05) is 0 Å². The number of aliphatic carboxylic acids is 1. The second-order valence-corrected chi connectivity index (χ2v) is 2.19. The number of carbonyl (C=O) groups is 1. The first kappa shape index (κ1) is 8.72. The Morgan fingerprint density at radius 1 is 1.44 bits per heavy atom. The van der Waals surface area contributed by atoms with E-state index in [0.717, 1.165) is 6.42 Å². The zero-order valence-electron chi connectivity index (χ0n) is 4.83. The Kier molecular flexibility index (Phi) is 2.46. The highest BCUT2D eigenvalue weighted by molar-refractivity contribution is 5.85. The largest absolute Gasteiger partial charge is 0.479 e. The molecule has 0 aromatic heterocycles. The molecule has 0 heterocycles. The van der Waals surface area contributed by atoms with Gasteiger partial charge in [0.2, 0.25) is 0 Å². The molecule has 1 fully saturated rings. The molecule has 2 N–H and O–H groups in total. The molecule has 0 amide bonds. The van der Waals surface area contributed by atoms with E-state index in [-0.39, 0.29) is 12.4 Å². The van der Waals surface area contributed by atoms with Crippen LogP contribution in [-0.4, -0.2) is 21.8 Å². The van der Waals surface area contributed by atoms with Crippen LogP contribution in [0, 0.1) is 0 Å². The van der Waals surface area contributed by atoms with Crippen LogP contribution >= 0.6 is 12.4 Å². The molecule has 1 aliphatic rings. The first-order valence-electron chi connectivity index (χ1n) is 2.61. The number of hydrogen-bond donors (Lipinski definition) is 2. The van der Waals surface area contributed by atoms with E-state index in [9.17, 15) is 4.79 Å². The summed E-state index contributed by atoms with van der Waals surface area (Å²) in [5.41, 5.74) is -1.36. The van der Waals surface area contributed by atoms with Crippen molar-refractivity contribution in [1.29, 1.82) is 0 Å². The maximum Gasteiger partial charge on any atom is 0.335 e. The van der Waals surface area contributed by atoms with Gasteiger partial charge in [-0.05, 0) is 19.3 Å². The van der Waals surface area contributed by atoms with Crippen molar-refractivity contribution in [1.82, 2.24) is 0 Å². The van der Waals surface area contributed by atoms with Gasteiger partial charge in [-0.2, -0.15) is 0 Å². The molecule has 0 unspecified atom stereocenters. The van der Waals surface area contributed by atoms with Crippen LogP contribution < -0.4 is 0 Å². The zero-order valence-corrected chi connectivity index (χ0v) is 5.65. The minimum atomic E-state index is -1.36. The number of halogens is 1. The van der Waals surface area contributed by atoms with Gasteiger partial charge in [0.1, 0.15) is 0 Å². The molecule has 0 aromatic rings.